The number of benzene rings is 1. The lowest BCUT2D eigenvalue weighted by Crippen LogP contribution is -2.29. The Hall–Kier alpha value is -1.27. The van der Waals surface area contributed by atoms with E-state index in [9.17, 15) is 18.3 Å². The Kier molecular flexibility index (Phi) is 5.20. The summed E-state index contributed by atoms with van der Waals surface area (Å²) in [7, 11) is 0. The van der Waals surface area contributed by atoms with Gasteiger partial charge in [0.15, 0.2) is 0 Å². The minimum Gasteiger partial charge on any atom is -0.405 e. The summed E-state index contributed by atoms with van der Waals surface area (Å²) in [4.78, 5) is 0. The van der Waals surface area contributed by atoms with E-state index in [1.54, 1.807) is 6.07 Å². The number of halogens is 3. The van der Waals surface area contributed by atoms with Crippen LogP contribution in [0.3, 0.4) is 0 Å². The number of aliphatic hydroxyl groups excluding tert-OH is 1. The van der Waals surface area contributed by atoms with Crippen LogP contribution in [0, 0.1) is 5.92 Å². The molecule has 0 aromatic heterocycles. The van der Waals surface area contributed by atoms with E-state index in [2.05, 4.69) is 4.74 Å². The summed E-state index contributed by atoms with van der Waals surface area (Å²) < 4.78 is 40.7. The fraction of sp³-hybridized carbons (Fsp3) is 0.538. The van der Waals surface area contributed by atoms with Crippen LogP contribution >= 0.6 is 0 Å². The standard InChI is InChI=1S/C13H18F3NO2/c1-8(2)7-10(18)12(17)9-5-3-4-6-11(9)19-13(14,15)16/h3-6,8,10,12,18H,7,17H2,1-2H3/t10-,12+/m0/s1. The number of hydrogen-bond donors (Lipinski definition) is 2. The molecule has 0 aliphatic rings. The summed E-state index contributed by atoms with van der Waals surface area (Å²) in [5.41, 5.74) is 5.96. The summed E-state index contributed by atoms with van der Waals surface area (Å²) in [6.45, 7) is 3.79. The monoisotopic (exact) mass is 277 g/mol. The number of alkyl halides is 3. The van der Waals surface area contributed by atoms with Gasteiger partial charge in [0.2, 0.25) is 0 Å². The highest BCUT2D eigenvalue weighted by atomic mass is 19.4. The van der Waals surface area contributed by atoms with Gasteiger partial charge in [0, 0.05) is 5.56 Å². The largest absolute Gasteiger partial charge is 0.573 e. The van der Waals surface area contributed by atoms with E-state index in [0.29, 0.717) is 6.42 Å². The Bertz CT molecular complexity index is 407. The second kappa shape index (κ2) is 6.25. The molecule has 6 heteroatoms. The van der Waals surface area contributed by atoms with Crippen LogP contribution in [0.25, 0.3) is 0 Å². The lowest BCUT2D eigenvalue weighted by molar-refractivity contribution is -0.275. The van der Waals surface area contributed by atoms with Crippen molar-refractivity contribution in [3.05, 3.63) is 29.8 Å². The predicted molar refractivity (Wildman–Crippen MR) is 65.5 cm³/mol. The van der Waals surface area contributed by atoms with Crippen molar-refractivity contribution in [1.82, 2.24) is 0 Å². The average molecular weight is 277 g/mol. The number of rotatable bonds is 5. The molecule has 3 N–H and O–H groups in total. The third-order valence-electron chi connectivity index (χ3n) is 2.63. The number of ether oxygens (including phenoxy) is 1. The van der Waals surface area contributed by atoms with Crippen molar-refractivity contribution >= 4 is 0 Å². The summed E-state index contributed by atoms with van der Waals surface area (Å²) in [5, 5.41) is 9.90. The molecular formula is C13H18F3NO2. The highest BCUT2D eigenvalue weighted by Crippen LogP contribution is 2.31. The third kappa shape index (κ3) is 5.08. The van der Waals surface area contributed by atoms with E-state index >= 15 is 0 Å². The zero-order valence-corrected chi connectivity index (χ0v) is 10.8. The summed E-state index contributed by atoms with van der Waals surface area (Å²) in [5.74, 6) is -0.179. The number of nitrogens with two attached hydrogens (primary N) is 1. The summed E-state index contributed by atoms with van der Waals surface area (Å²) >= 11 is 0. The molecule has 2 atom stereocenters. The van der Waals surface area contributed by atoms with Crippen LogP contribution in [0.5, 0.6) is 5.75 Å². The van der Waals surface area contributed by atoms with E-state index in [0.717, 1.165) is 0 Å². The van der Waals surface area contributed by atoms with E-state index in [4.69, 9.17) is 5.73 Å². The van der Waals surface area contributed by atoms with Crippen LogP contribution in [0.15, 0.2) is 24.3 Å². The van der Waals surface area contributed by atoms with Crippen molar-refractivity contribution < 1.29 is 23.0 Å². The van der Waals surface area contributed by atoms with Gasteiger partial charge in [-0.05, 0) is 18.4 Å². The first-order chi connectivity index (χ1) is 8.70. The van der Waals surface area contributed by atoms with Crippen molar-refractivity contribution in [2.45, 2.75) is 38.8 Å². The SMILES string of the molecule is CC(C)C[C@H](O)[C@H](N)c1ccccc1OC(F)(F)F. The molecule has 0 unspecified atom stereocenters. The van der Waals surface area contributed by atoms with Gasteiger partial charge in [-0.2, -0.15) is 0 Å². The van der Waals surface area contributed by atoms with Crippen molar-refractivity contribution in [2.75, 3.05) is 0 Å². The van der Waals surface area contributed by atoms with Gasteiger partial charge in [0.05, 0.1) is 12.1 Å². The predicted octanol–water partition coefficient (Wildman–Crippen LogP) is 2.99. The van der Waals surface area contributed by atoms with E-state index in [1.165, 1.54) is 18.2 Å². The van der Waals surface area contributed by atoms with Crippen molar-refractivity contribution in [3.8, 4) is 5.75 Å². The maximum atomic E-state index is 12.3. The lowest BCUT2D eigenvalue weighted by atomic mass is 9.95. The molecule has 0 radical (unpaired) electrons. The molecule has 108 valence electrons. The van der Waals surface area contributed by atoms with Crippen molar-refractivity contribution in [3.63, 3.8) is 0 Å². The van der Waals surface area contributed by atoms with Gasteiger partial charge in [0.1, 0.15) is 5.75 Å². The van der Waals surface area contributed by atoms with Crippen molar-refractivity contribution in [2.24, 2.45) is 11.7 Å². The van der Waals surface area contributed by atoms with Crippen LogP contribution < -0.4 is 10.5 Å². The molecule has 0 aliphatic carbocycles. The second-order valence-corrected chi connectivity index (χ2v) is 4.81. The smallest absolute Gasteiger partial charge is 0.405 e. The normalized spacial score (nSPS) is 15.4. The summed E-state index contributed by atoms with van der Waals surface area (Å²) in [6.07, 6.45) is -5.29. The second-order valence-electron chi connectivity index (χ2n) is 4.81. The topological polar surface area (TPSA) is 55.5 Å². The molecule has 1 rings (SSSR count). The molecule has 0 heterocycles. The Balaban J connectivity index is 2.93. The van der Waals surface area contributed by atoms with Gasteiger partial charge in [-0.1, -0.05) is 32.0 Å². The fourth-order valence-electron chi connectivity index (χ4n) is 1.81. The van der Waals surface area contributed by atoms with Gasteiger partial charge in [-0.25, -0.2) is 0 Å². The zero-order chi connectivity index (χ0) is 14.6. The molecule has 0 aliphatic heterocycles. The Morgan fingerprint density at radius 1 is 1.26 bits per heavy atom. The molecule has 1 aromatic carbocycles. The molecule has 0 bridgehead atoms. The highest BCUT2D eigenvalue weighted by molar-refractivity contribution is 5.36. The van der Waals surface area contributed by atoms with Crippen molar-refractivity contribution in [1.29, 1.82) is 0 Å². The number of hydrogen-bond acceptors (Lipinski definition) is 3. The summed E-state index contributed by atoms with van der Waals surface area (Å²) in [6, 6.07) is 4.67. The van der Waals surface area contributed by atoms with Gasteiger partial charge in [-0.3, -0.25) is 0 Å². The maximum absolute atomic E-state index is 12.3. The van der Waals surface area contributed by atoms with Crippen LogP contribution in [0.1, 0.15) is 31.9 Å². The third-order valence-corrected chi connectivity index (χ3v) is 2.63. The first-order valence-corrected chi connectivity index (χ1v) is 5.99. The van der Waals surface area contributed by atoms with Crippen LogP contribution in [0.4, 0.5) is 13.2 Å². The van der Waals surface area contributed by atoms with Crippen LogP contribution in [-0.2, 0) is 0 Å². The molecule has 1 aromatic rings. The minimum atomic E-state index is -4.78. The first kappa shape index (κ1) is 15.8. The van der Waals surface area contributed by atoms with Gasteiger partial charge in [-0.15, -0.1) is 13.2 Å². The number of para-hydroxylation sites is 1. The zero-order valence-electron chi connectivity index (χ0n) is 10.8. The van der Waals surface area contributed by atoms with Crippen LogP contribution in [0.2, 0.25) is 0 Å². The fourth-order valence-corrected chi connectivity index (χ4v) is 1.81. The maximum Gasteiger partial charge on any atom is 0.573 e. The molecule has 0 saturated carbocycles. The molecular weight excluding hydrogens is 259 g/mol. The quantitative estimate of drug-likeness (QED) is 0.870. The minimum absolute atomic E-state index is 0.146. The van der Waals surface area contributed by atoms with Gasteiger partial charge < -0.3 is 15.6 Å². The Morgan fingerprint density at radius 2 is 1.84 bits per heavy atom. The number of aliphatic hydroxyl groups is 1. The molecule has 0 amide bonds. The molecule has 0 spiro atoms. The molecule has 0 saturated heterocycles. The van der Waals surface area contributed by atoms with Gasteiger partial charge >= 0.3 is 6.36 Å². The van der Waals surface area contributed by atoms with E-state index < -0.39 is 18.5 Å². The molecule has 3 nitrogen and oxygen atoms in total. The highest BCUT2D eigenvalue weighted by Gasteiger charge is 2.33. The van der Waals surface area contributed by atoms with E-state index in [-0.39, 0.29) is 17.2 Å². The average Bonchev–Trinajstić information content (AvgIpc) is 2.25. The Morgan fingerprint density at radius 3 is 2.37 bits per heavy atom. The van der Waals surface area contributed by atoms with Gasteiger partial charge in [0.25, 0.3) is 0 Å². The molecule has 0 fully saturated rings. The first-order valence-electron chi connectivity index (χ1n) is 5.99. The van der Waals surface area contributed by atoms with Crippen LogP contribution in [-0.4, -0.2) is 17.6 Å². The Labute approximate surface area is 110 Å². The van der Waals surface area contributed by atoms with E-state index in [1.807, 2.05) is 13.8 Å². The molecule has 19 heavy (non-hydrogen) atoms. The lowest BCUT2D eigenvalue weighted by Gasteiger charge is -2.23.